The third-order valence-corrected chi connectivity index (χ3v) is 2.14. The van der Waals surface area contributed by atoms with Gasteiger partial charge in [0, 0.05) is 39.3 Å². The second-order valence-corrected chi connectivity index (χ2v) is 3.91. The normalized spacial score (nSPS) is 10.2. The standard InChI is InChI=1S/C10H16N2O8.Na/c13-7(14)3-11(4-8(15)16)1-2-12(5-9(17)18)6-10(19)20;/h1-6H2,(H,13,14)(H,15,16)(H,17,18)(H,19,20);/q;+1/p-3. The Morgan fingerprint density at radius 2 is 0.810 bits per heavy atom. The maximum absolute atomic E-state index is 10.4. The molecule has 0 radical (unpaired) electrons. The summed E-state index contributed by atoms with van der Waals surface area (Å²) in [5, 5.41) is 41.6. The molecule has 0 N–H and O–H groups in total. The molecule has 0 fully saturated rings. The van der Waals surface area contributed by atoms with E-state index in [1.54, 1.807) is 0 Å². The van der Waals surface area contributed by atoms with Crippen molar-refractivity contribution in [3.8, 4) is 0 Å². The van der Waals surface area contributed by atoms with Crippen LogP contribution in [0.25, 0.3) is 0 Å². The molecule has 0 rings (SSSR count). The van der Waals surface area contributed by atoms with Gasteiger partial charge in [-0.05, 0) is 0 Å². The van der Waals surface area contributed by atoms with Crippen LogP contribution in [0.4, 0.5) is 0 Å². The summed E-state index contributed by atoms with van der Waals surface area (Å²) in [6.45, 7) is -3.25. The van der Waals surface area contributed by atoms with Gasteiger partial charge in [-0.3, -0.25) is 9.80 Å². The van der Waals surface area contributed by atoms with E-state index in [9.17, 15) is 39.6 Å². The molecule has 21 heavy (non-hydrogen) atoms. The molecular weight excluding hydrogens is 299 g/mol. The molecule has 0 amide bonds. The van der Waals surface area contributed by atoms with Crippen molar-refractivity contribution in [1.82, 2.24) is 9.80 Å². The fraction of sp³-hybridized carbons (Fsp3) is 0.600. The van der Waals surface area contributed by atoms with E-state index in [1.807, 2.05) is 0 Å². The molecule has 0 saturated heterocycles. The number of rotatable bonds is 11. The zero-order valence-corrected chi connectivity index (χ0v) is 13.4. The van der Waals surface area contributed by atoms with Gasteiger partial charge in [0.05, 0.1) is 23.9 Å². The maximum Gasteiger partial charge on any atom is 1.00 e. The van der Waals surface area contributed by atoms with Crippen LogP contribution in [-0.4, -0.2) is 72.9 Å². The Balaban J connectivity index is -0.00000180. The van der Waals surface area contributed by atoms with E-state index in [2.05, 4.69) is 0 Å². The number of hydrogen-bond donors (Lipinski definition) is 0. The Morgan fingerprint density at radius 3 is 0.952 bits per heavy atom. The van der Waals surface area contributed by atoms with Crippen LogP contribution < -0.4 is 50.0 Å². The Labute approximate surface area is 143 Å². The Morgan fingerprint density at radius 1 is 0.619 bits per heavy atom. The van der Waals surface area contributed by atoms with Gasteiger partial charge in [0.2, 0.25) is 0 Å². The van der Waals surface area contributed by atoms with Crippen molar-refractivity contribution < 1.29 is 70.6 Å². The first kappa shape index (κ1) is 22.1. The van der Waals surface area contributed by atoms with Crippen LogP contribution in [0, 0.1) is 0 Å². The van der Waals surface area contributed by atoms with Gasteiger partial charge in [-0.2, -0.15) is 0 Å². The van der Waals surface area contributed by atoms with Crippen molar-refractivity contribution in [2.75, 3.05) is 39.3 Å². The third kappa shape index (κ3) is 13.5. The molecule has 0 aliphatic carbocycles. The average Bonchev–Trinajstić information content (AvgIpc) is 2.22. The van der Waals surface area contributed by atoms with Crippen molar-refractivity contribution in [2.45, 2.75) is 0 Å². The zero-order valence-electron chi connectivity index (χ0n) is 12.4. The third-order valence-electron chi connectivity index (χ3n) is 2.14. The van der Waals surface area contributed by atoms with E-state index >= 15 is 0 Å². The molecule has 0 aromatic carbocycles. The van der Waals surface area contributed by atoms with E-state index in [4.69, 9.17) is 0 Å². The molecule has 0 unspecified atom stereocenters. The van der Waals surface area contributed by atoms with Crippen molar-refractivity contribution in [3.63, 3.8) is 0 Å². The van der Waals surface area contributed by atoms with Gasteiger partial charge in [-0.15, -0.1) is 0 Å². The SMILES string of the molecule is O=C([O-])CN(CCN(CC(=O)[O-])CC(=O)[O-])CC(=O)[O-].[H+].[Na+]. The second kappa shape index (κ2) is 11.5. The molecule has 0 aromatic rings. The van der Waals surface area contributed by atoms with E-state index in [0.717, 1.165) is 9.80 Å². The van der Waals surface area contributed by atoms with E-state index < -0.39 is 50.1 Å². The predicted molar refractivity (Wildman–Crippen MR) is 54.0 cm³/mol. The van der Waals surface area contributed by atoms with Gasteiger partial charge in [0.25, 0.3) is 0 Å². The van der Waals surface area contributed by atoms with Crippen molar-refractivity contribution in [3.05, 3.63) is 0 Å². The zero-order chi connectivity index (χ0) is 15.7. The van der Waals surface area contributed by atoms with Crippen LogP contribution in [0.3, 0.4) is 0 Å². The molecule has 0 saturated carbocycles. The number of hydrogen-bond acceptors (Lipinski definition) is 10. The Kier molecular flexibility index (Phi) is 12.1. The van der Waals surface area contributed by atoms with E-state index in [-0.39, 0.29) is 44.1 Å². The Bertz CT molecular complexity index is 327. The number of carboxylic acid groups (broad SMARTS) is 4. The smallest absolute Gasteiger partial charge is 0.549 e. The minimum absolute atomic E-state index is 0. The Hall–Kier alpha value is -1.20. The summed E-state index contributed by atoms with van der Waals surface area (Å²) in [6.07, 6.45) is 0. The van der Waals surface area contributed by atoms with Gasteiger partial charge in [0.1, 0.15) is 0 Å². The summed E-state index contributed by atoms with van der Waals surface area (Å²) in [7, 11) is 0. The van der Waals surface area contributed by atoms with Crippen LogP contribution in [0.2, 0.25) is 0 Å². The molecule has 0 spiro atoms. The summed E-state index contributed by atoms with van der Waals surface area (Å²) in [6, 6.07) is 0. The topological polar surface area (TPSA) is 167 Å². The molecule has 10 nitrogen and oxygen atoms in total. The first-order valence-electron chi connectivity index (χ1n) is 5.44. The predicted octanol–water partition coefficient (Wildman–Crippen LogP) is -10.3. The van der Waals surface area contributed by atoms with Crippen molar-refractivity contribution >= 4 is 23.9 Å². The fourth-order valence-corrected chi connectivity index (χ4v) is 1.44. The summed E-state index contributed by atoms with van der Waals surface area (Å²) >= 11 is 0. The molecule has 0 heterocycles. The quantitative estimate of drug-likeness (QED) is 0.334. The molecule has 114 valence electrons. The summed E-state index contributed by atoms with van der Waals surface area (Å²) < 4.78 is 0. The van der Waals surface area contributed by atoms with E-state index in [0.29, 0.717) is 0 Å². The van der Waals surface area contributed by atoms with Gasteiger partial charge in [0.15, 0.2) is 0 Å². The molecule has 0 atom stereocenters. The van der Waals surface area contributed by atoms with Gasteiger partial charge in [-0.1, -0.05) is 0 Å². The maximum atomic E-state index is 10.4. The van der Waals surface area contributed by atoms with Crippen LogP contribution >= 0.6 is 0 Å². The van der Waals surface area contributed by atoms with Crippen LogP contribution in [0.1, 0.15) is 1.43 Å². The van der Waals surface area contributed by atoms with Crippen LogP contribution in [0.15, 0.2) is 0 Å². The minimum Gasteiger partial charge on any atom is -0.549 e. The first-order valence-corrected chi connectivity index (χ1v) is 5.44. The van der Waals surface area contributed by atoms with Crippen LogP contribution in [0.5, 0.6) is 0 Å². The molecule has 0 aliphatic heterocycles. The van der Waals surface area contributed by atoms with Crippen LogP contribution in [-0.2, 0) is 19.2 Å². The number of carbonyl (C=O) groups excluding carboxylic acids is 4. The number of carboxylic acids is 4. The number of aliphatic carboxylic acids is 4. The molecule has 11 heteroatoms. The average molecular weight is 312 g/mol. The summed E-state index contributed by atoms with van der Waals surface area (Å²) in [5.74, 6) is -6.12. The van der Waals surface area contributed by atoms with E-state index in [1.165, 1.54) is 0 Å². The molecule has 0 aliphatic rings. The number of carbonyl (C=O) groups is 4. The van der Waals surface area contributed by atoms with Crippen molar-refractivity contribution in [1.29, 1.82) is 0 Å². The molecule has 0 aromatic heterocycles. The summed E-state index contributed by atoms with van der Waals surface area (Å²) in [4.78, 5) is 43.4. The molecule has 0 bridgehead atoms. The fourth-order valence-electron chi connectivity index (χ4n) is 1.44. The van der Waals surface area contributed by atoms with Gasteiger partial charge >= 0.3 is 31.0 Å². The van der Waals surface area contributed by atoms with Gasteiger partial charge in [-0.25, -0.2) is 0 Å². The second-order valence-electron chi connectivity index (χ2n) is 3.91. The van der Waals surface area contributed by atoms with Crippen molar-refractivity contribution in [2.24, 2.45) is 0 Å². The molecular formula is C10H13N2NaO8-2. The summed E-state index contributed by atoms with van der Waals surface area (Å²) in [5.41, 5.74) is 0. The van der Waals surface area contributed by atoms with Gasteiger partial charge < -0.3 is 39.6 Å². The largest absolute Gasteiger partial charge is 1.00 e. The number of nitrogens with zero attached hydrogens (tertiary/aromatic N) is 2. The monoisotopic (exact) mass is 312 g/mol. The first-order chi connectivity index (χ1) is 9.20. The minimum atomic E-state index is -1.53.